The number of oxime groups is 1. The fourth-order valence-corrected chi connectivity index (χ4v) is 1.81. The molecule has 0 heterocycles. The molecule has 0 fully saturated rings. The standard InChI is InChI=1S/C16H17NO2/c1-13(17-18-2)15-10-6-7-11-16(15)19-12-14-8-4-3-5-9-14/h3-11H,12H2,1-2H3/b17-13+. The molecule has 0 aliphatic heterocycles. The molecular formula is C16H17NO2. The van der Waals surface area contributed by atoms with Crippen molar-refractivity contribution in [3.05, 3.63) is 65.7 Å². The highest BCUT2D eigenvalue weighted by Gasteiger charge is 2.06. The van der Waals surface area contributed by atoms with Crippen molar-refractivity contribution in [1.29, 1.82) is 0 Å². The topological polar surface area (TPSA) is 30.8 Å². The Kier molecular flexibility index (Phi) is 4.56. The first-order valence-corrected chi connectivity index (χ1v) is 6.15. The Labute approximate surface area is 113 Å². The quantitative estimate of drug-likeness (QED) is 0.603. The van der Waals surface area contributed by atoms with E-state index in [1.807, 2.05) is 61.5 Å². The smallest absolute Gasteiger partial charge is 0.128 e. The largest absolute Gasteiger partial charge is 0.488 e. The van der Waals surface area contributed by atoms with Crippen LogP contribution in [-0.4, -0.2) is 12.8 Å². The highest BCUT2D eigenvalue weighted by molar-refractivity contribution is 6.00. The first kappa shape index (κ1) is 13.1. The summed E-state index contributed by atoms with van der Waals surface area (Å²) in [5.74, 6) is 0.810. The molecule has 0 bridgehead atoms. The summed E-state index contributed by atoms with van der Waals surface area (Å²) in [6, 6.07) is 17.9. The molecule has 0 aromatic heterocycles. The number of hydrogen-bond donors (Lipinski definition) is 0. The van der Waals surface area contributed by atoms with Gasteiger partial charge in [0.05, 0.1) is 5.71 Å². The van der Waals surface area contributed by atoms with E-state index in [0.717, 1.165) is 22.6 Å². The van der Waals surface area contributed by atoms with Gasteiger partial charge in [-0.15, -0.1) is 0 Å². The van der Waals surface area contributed by atoms with Gasteiger partial charge in [-0.25, -0.2) is 0 Å². The lowest BCUT2D eigenvalue weighted by molar-refractivity contribution is 0.213. The van der Waals surface area contributed by atoms with Gasteiger partial charge in [-0.05, 0) is 24.6 Å². The predicted molar refractivity (Wildman–Crippen MR) is 76.4 cm³/mol. The van der Waals surface area contributed by atoms with Gasteiger partial charge in [-0.1, -0.05) is 47.6 Å². The van der Waals surface area contributed by atoms with Gasteiger partial charge in [-0.2, -0.15) is 0 Å². The molecule has 0 saturated heterocycles. The molecule has 3 nitrogen and oxygen atoms in total. The zero-order chi connectivity index (χ0) is 13.5. The van der Waals surface area contributed by atoms with Gasteiger partial charge < -0.3 is 9.57 Å². The third-order valence-electron chi connectivity index (χ3n) is 2.74. The highest BCUT2D eigenvalue weighted by atomic mass is 16.6. The Morgan fingerprint density at radius 3 is 2.42 bits per heavy atom. The van der Waals surface area contributed by atoms with Crippen LogP contribution in [0.1, 0.15) is 18.1 Å². The number of hydrogen-bond acceptors (Lipinski definition) is 3. The monoisotopic (exact) mass is 255 g/mol. The minimum atomic E-state index is 0.540. The maximum Gasteiger partial charge on any atom is 0.128 e. The molecule has 0 saturated carbocycles. The molecule has 0 radical (unpaired) electrons. The van der Waals surface area contributed by atoms with Crippen LogP contribution in [0, 0.1) is 0 Å². The van der Waals surface area contributed by atoms with Crippen LogP contribution in [0.5, 0.6) is 5.75 Å². The molecule has 0 aliphatic rings. The summed E-state index contributed by atoms with van der Waals surface area (Å²) in [4.78, 5) is 4.81. The zero-order valence-corrected chi connectivity index (χ0v) is 11.2. The molecule has 0 N–H and O–H groups in total. The number of para-hydroxylation sites is 1. The van der Waals surface area contributed by atoms with Crippen LogP contribution in [0.15, 0.2) is 59.8 Å². The van der Waals surface area contributed by atoms with E-state index in [0.29, 0.717) is 6.61 Å². The van der Waals surface area contributed by atoms with E-state index in [1.54, 1.807) is 0 Å². The Morgan fingerprint density at radius 2 is 1.68 bits per heavy atom. The average molecular weight is 255 g/mol. The van der Waals surface area contributed by atoms with Crippen LogP contribution >= 0.6 is 0 Å². The fourth-order valence-electron chi connectivity index (χ4n) is 1.81. The third kappa shape index (κ3) is 3.58. The lowest BCUT2D eigenvalue weighted by atomic mass is 10.1. The SMILES string of the molecule is CO/N=C(\C)c1ccccc1OCc1ccccc1. The van der Waals surface area contributed by atoms with Crippen molar-refractivity contribution in [2.24, 2.45) is 5.16 Å². The van der Waals surface area contributed by atoms with E-state index in [-0.39, 0.29) is 0 Å². The summed E-state index contributed by atoms with van der Waals surface area (Å²) < 4.78 is 5.85. The summed E-state index contributed by atoms with van der Waals surface area (Å²) in [7, 11) is 1.54. The molecule has 2 aromatic carbocycles. The summed E-state index contributed by atoms with van der Waals surface area (Å²) in [5.41, 5.74) is 2.88. The van der Waals surface area contributed by atoms with Crippen LogP contribution < -0.4 is 4.74 Å². The average Bonchev–Trinajstić information content (AvgIpc) is 2.47. The molecule has 19 heavy (non-hydrogen) atoms. The summed E-state index contributed by atoms with van der Waals surface area (Å²) >= 11 is 0. The summed E-state index contributed by atoms with van der Waals surface area (Å²) in [5, 5.41) is 3.95. The van der Waals surface area contributed by atoms with Crippen molar-refractivity contribution in [3.8, 4) is 5.75 Å². The number of rotatable bonds is 5. The normalized spacial score (nSPS) is 11.2. The lowest BCUT2D eigenvalue weighted by Crippen LogP contribution is -2.02. The van der Waals surface area contributed by atoms with E-state index in [1.165, 1.54) is 7.11 Å². The molecule has 0 unspecified atom stereocenters. The second-order valence-corrected chi connectivity index (χ2v) is 4.13. The lowest BCUT2D eigenvalue weighted by Gasteiger charge is -2.11. The van der Waals surface area contributed by atoms with Crippen LogP contribution in [0.4, 0.5) is 0 Å². The number of ether oxygens (including phenoxy) is 1. The van der Waals surface area contributed by atoms with Gasteiger partial charge in [0.25, 0.3) is 0 Å². The maximum atomic E-state index is 5.85. The molecular weight excluding hydrogens is 238 g/mol. The minimum absolute atomic E-state index is 0.540. The fraction of sp³-hybridized carbons (Fsp3) is 0.188. The Bertz CT molecular complexity index is 550. The number of benzene rings is 2. The molecule has 2 rings (SSSR count). The van der Waals surface area contributed by atoms with E-state index in [4.69, 9.17) is 9.57 Å². The Hall–Kier alpha value is -2.29. The van der Waals surface area contributed by atoms with Crippen LogP contribution in [0.3, 0.4) is 0 Å². The van der Waals surface area contributed by atoms with Crippen LogP contribution in [0.2, 0.25) is 0 Å². The van der Waals surface area contributed by atoms with Gasteiger partial charge in [0.15, 0.2) is 0 Å². The van der Waals surface area contributed by atoms with Gasteiger partial charge in [0.1, 0.15) is 19.5 Å². The number of nitrogens with zero attached hydrogens (tertiary/aromatic N) is 1. The summed E-state index contributed by atoms with van der Waals surface area (Å²) in [6.07, 6.45) is 0. The van der Waals surface area contributed by atoms with Crippen molar-refractivity contribution in [3.63, 3.8) is 0 Å². The molecule has 0 atom stereocenters. The third-order valence-corrected chi connectivity index (χ3v) is 2.74. The van der Waals surface area contributed by atoms with E-state index in [9.17, 15) is 0 Å². The Morgan fingerprint density at radius 1 is 1.00 bits per heavy atom. The predicted octanol–water partition coefficient (Wildman–Crippen LogP) is 3.64. The van der Waals surface area contributed by atoms with Crippen molar-refractivity contribution >= 4 is 5.71 Å². The van der Waals surface area contributed by atoms with Gasteiger partial charge >= 0.3 is 0 Å². The van der Waals surface area contributed by atoms with Crippen molar-refractivity contribution in [1.82, 2.24) is 0 Å². The van der Waals surface area contributed by atoms with E-state index < -0.39 is 0 Å². The first-order chi connectivity index (χ1) is 9.31. The molecule has 2 aromatic rings. The Balaban J connectivity index is 2.14. The zero-order valence-electron chi connectivity index (χ0n) is 11.2. The van der Waals surface area contributed by atoms with Crippen molar-refractivity contribution in [2.45, 2.75) is 13.5 Å². The maximum absolute atomic E-state index is 5.85. The molecule has 98 valence electrons. The van der Waals surface area contributed by atoms with Gasteiger partial charge in [0, 0.05) is 5.56 Å². The second kappa shape index (κ2) is 6.59. The van der Waals surface area contributed by atoms with E-state index in [2.05, 4.69) is 5.16 Å². The molecule has 3 heteroatoms. The van der Waals surface area contributed by atoms with Crippen LogP contribution in [0.25, 0.3) is 0 Å². The first-order valence-electron chi connectivity index (χ1n) is 6.15. The minimum Gasteiger partial charge on any atom is -0.488 e. The van der Waals surface area contributed by atoms with Gasteiger partial charge in [0.2, 0.25) is 0 Å². The van der Waals surface area contributed by atoms with Gasteiger partial charge in [-0.3, -0.25) is 0 Å². The van der Waals surface area contributed by atoms with Crippen molar-refractivity contribution < 1.29 is 9.57 Å². The molecule has 0 aliphatic carbocycles. The summed E-state index contributed by atoms with van der Waals surface area (Å²) in [6.45, 7) is 2.44. The van der Waals surface area contributed by atoms with Crippen LogP contribution in [-0.2, 0) is 11.4 Å². The molecule has 0 spiro atoms. The second-order valence-electron chi connectivity index (χ2n) is 4.13. The highest BCUT2D eigenvalue weighted by Crippen LogP contribution is 2.20. The van der Waals surface area contributed by atoms with Crippen molar-refractivity contribution in [2.75, 3.05) is 7.11 Å². The van der Waals surface area contributed by atoms with E-state index >= 15 is 0 Å². The molecule has 0 amide bonds.